The summed E-state index contributed by atoms with van der Waals surface area (Å²) in [6, 6.07) is 18.9. The summed E-state index contributed by atoms with van der Waals surface area (Å²) in [5.74, 6) is 0.167. The number of benzene rings is 3. The zero-order valence-corrected chi connectivity index (χ0v) is 19.7. The Morgan fingerprint density at radius 2 is 1.81 bits per heavy atom. The van der Waals surface area contributed by atoms with Gasteiger partial charge in [-0.1, -0.05) is 50.1 Å². The minimum Gasteiger partial charge on any atom is -0.489 e. The van der Waals surface area contributed by atoms with E-state index in [4.69, 9.17) is 9.47 Å². The van der Waals surface area contributed by atoms with Crippen molar-refractivity contribution in [2.75, 3.05) is 6.61 Å². The quantitative estimate of drug-likeness (QED) is 0.218. The van der Waals surface area contributed by atoms with E-state index >= 15 is 0 Å². The van der Waals surface area contributed by atoms with Gasteiger partial charge in [-0.25, -0.2) is 5.43 Å². The first-order valence-electron chi connectivity index (χ1n) is 9.27. The Kier molecular flexibility index (Phi) is 8.34. The van der Waals surface area contributed by atoms with Crippen molar-refractivity contribution >= 4 is 49.7 Å². The van der Waals surface area contributed by atoms with Crippen molar-refractivity contribution in [1.82, 2.24) is 5.43 Å². The smallest absolute Gasteiger partial charge is 0.310 e. The van der Waals surface area contributed by atoms with E-state index in [0.717, 1.165) is 20.1 Å². The number of hydrogen-bond acceptors (Lipinski definition) is 6. The number of amides is 1. The van der Waals surface area contributed by atoms with Gasteiger partial charge in [0, 0.05) is 20.6 Å². The van der Waals surface area contributed by atoms with Crippen LogP contribution in [0.3, 0.4) is 0 Å². The highest BCUT2D eigenvalue weighted by molar-refractivity contribution is 9.11. The molecule has 0 aliphatic heterocycles. The maximum absolute atomic E-state index is 11.9. The Morgan fingerprint density at radius 3 is 2.53 bits per heavy atom. The van der Waals surface area contributed by atoms with Gasteiger partial charge in [0.05, 0.1) is 11.1 Å². The molecule has 0 heterocycles. The lowest BCUT2D eigenvalue weighted by Crippen LogP contribution is -2.24. The fourth-order valence-electron chi connectivity index (χ4n) is 2.53. The molecule has 1 N–H and O–H groups in total. The van der Waals surface area contributed by atoms with E-state index < -0.39 is 17.4 Å². The van der Waals surface area contributed by atoms with Gasteiger partial charge in [-0.3, -0.25) is 14.9 Å². The predicted octanol–water partition coefficient (Wildman–Crippen LogP) is 5.23. The SMILES string of the molecule is O=C(COc1ccccc1[N+](=O)[O-])N/N=C/c1ccc(OCc2ccc(Br)cc2Br)cc1. The summed E-state index contributed by atoms with van der Waals surface area (Å²) in [5.41, 5.74) is 3.88. The summed E-state index contributed by atoms with van der Waals surface area (Å²) in [7, 11) is 0. The van der Waals surface area contributed by atoms with Crippen LogP contribution in [-0.2, 0) is 11.4 Å². The minimum absolute atomic E-state index is 0.0161. The number of nitrogens with one attached hydrogen (secondary N) is 1. The number of hydrogen-bond donors (Lipinski definition) is 1. The number of carbonyl (C=O) groups is 1. The van der Waals surface area contributed by atoms with Crippen LogP contribution in [0.1, 0.15) is 11.1 Å². The number of nitro groups is 1. The molecular formula is C22H17Br2N3O5. The largest absolute Gasteiger partial charge is 0.489 e. The van der Waals surface area contributed by atoms with Gasteiger partial charge in [-0.15, -0.1) is 0 Å². The predicted molar refractivity (Wildman–Crippen MR) is 127 cm³/mol. The van der Waals surface area contributed by atoms with Gasteiger partial charge in [0.15, 0.2) is 12.4 Å². The van der Waals surface area contributed by atoms with E-state index in [-0.39, 0.29) is 11.4 Å². The van der Waals surface area contributed by atoms with Crippen molar-refractivity contribution in [2.45, 2.75) is 6.61 Å². The van der Waals surface area contributed by atoms with E-state index in [1.54, 1.807) is 30.3 Å². The van der Waals surface area contributed by atoms with Gasteiger partial charge in [0.1, 0.15) is 12.4 Å². The zero-order valence-electron chi connectivity index (χ0n) is 16.5. The van der Waals surface area contributed by atoms with Gasteiger partial charge in [-0.05, 0) is 48.0 Å². The molecule has 0 spiro atoms. The van der Waals surface area contributed by atoms with Crippen molar-refractivity contribution in [1.29, 1.82) is 0 Å². The molecule has 0 aromatic heterocycles. The highest BCUT2D eigenvalue weighted by atomic mass is 79.9. The Morgan fingerprint density at radius 1 is 1.06 bits per heavy atom. The molecule has 8 nitrogen and oxygen atoms in total. The first-order chi connectivity index (χ1) is 15.4. The van der Waals surface area contributed by atoms with Crippen molar-refractivity contribution in [3.8, 4) is 11.5 Å². The molecule has 0 atom stereocenters. The average Bonchev–Trinajstić information content (AvgIpc) is 2.78. The van der Waals surface area contributed by atoms with Crippen LogP contribution in [0.4, 0.5) is 5.69 Å². The number of para-hydroxylation sites is 2. The molecule has 164 valence electrons. The first kappa shape index (κ1) is 23.4. The summed E-state index contributed by atoms with van der Waals surface area (Å²) in [6.45, 7) is 0.0114. The number of hydrazone groups is 1. The molecule has 3 aromatic carbocycles. The molecule has 0 saturated carbocycles. The third-order valence-electron chi connectivity index (χ3n) is 4.11. The van der Waals surface area contributed by atoms with Gasteiger partial charge < -0.3 is 9.47 Å². The average molecular weight is 563 g/mol. The van der Waals surface area contributed by atoms with Crippen molar-refractivity contribution < 1.29 is 19.2 Å². The maximum atomic E-state index is 11.9. The van der Waals surface area contributed by atoms with Crippen molar-refractivity contribution in [3.05, 3.63) is 96.9 Å². The molecular weight excluding hydrogens is 546 g/mol. The molecule has 1 amide bonds. The fourth-order valence-corrected chi connectivity index (χ4v) is 3.70. The number of carbonyl (C=O) groups excluding carboxylic acids is 1. The van der Waals surface area contributed by atoms with Crippen LogP contribution < -0.4 is 14.9 Å². The highest BCUT2D eigenvalue weighted by Crippen LogP contribution is 2.26. The van der Waals surface area contributed by atoms with E-state index in [9.17, 15) is 14.9 Å². The number of nitrogens with zero attached hydrogens (tertiary/aromatic N) is 2. The Hall–Kier alpha value is -3.24. The van der Waals surface area contributed by atoms with E-state index in [1.165, 1.54) is 24.4 Å². The number of nitro benzene ring substituents is 1. The van der Waals surface area contributed by atoms with E-state index in [2.05, 4.69) is 42.4 Å². The number of halogens is 2. The zero-order chi connectivity index (χ0) is 22.9. The topological polar surface area (TPSA) is 103 Å². The highest BCUT2D eigenvalue weighted by Gasteiger charge is 2.14. The summed E-state index contributed by atoms with van der Waals surface area (Å²) in [4.78, 5) is 22.2. The molecule has 0 bridgehead atoms. The molecule has 3 rings (SSSR count). The summed E-state index contributed by atoms with van der Waals surface area (Å²) < 4.78 is 12.9. The van der Waals surface area contributed by atoms with Crippen LogP contribution in [0.5, 0.6) is 11.5 Å². The van der Waals surface area contributed by atoms with Crippen LogP contribution in [0.2, 0.25) is 0 Å². The fraction of sp³-hybridized carbons (Fsp3) is 0.0909. The van der Waals surface area contributed by atoms with Crippen LogP contribution in [0.25, 0.3) is 0 Å². The van der Waals surface area contributed by atoms with Crippen LogP contribution in [0, 0.1) is 10.1 Å². The Balaban J connectivity index is 1.46. The Bertz CT molecular complexity index is 1140. The van der Waals surface area contributed by atoms with Crippen LogP contribution >= 0.6 is 31.9 Å². The standard InChI is InChI=1S/C22H17Br2N3O5/c23-17-8-7-16(19(24)11-17)13-31-18-9-5-15(6-10-18)12-25-26-22(28)14-32-21-4-2-1-3-20(21)27(29)30/h1-12H,13-14H2,(H,26,28)/b25-12+. The first-order valence-corrected chi connectivity index (χ1v) is 10.9. The summed E-state index contributed by atoms with van der Waals surface area (Å²) in [6.07, 6.45) is 1.47. The normalized spacial score (nSPS) is 10.7. The van der Waals surface area contributed by atoms with E-state index in [0.29, 0.717) is 12.4 Å². The second kappa shape index (κ2) is 11.4. The second-order valence-electron chi connectivity index (χ2n) is 6.40. The van der Waals surface area contributed by atoms with Crippen LogP contribution in [0.15, 0.2) is 80.8 Å². The Labute approximate surface area is 200 Å². The minimum atomic E-state index is -0.573. The van der Waals surface area contributed by atoms with Gasteiger partial charge >= 0.3 is 5.69 Å². The molecule has 10 heteroatoms. The summed E-state index contributed by atoms with van der Waals surface area (Å²) >= 11 is 6.92. The van der Waals surface area contributed by atoms with Gasteiger partial charge in [0.2, 0.25) is 0 Å². The van der Waals surface area contributed by atoms with Gasteiger partial charge in [0.25, 0.3) is 5.91 Å². The van der Waals surface area contributed by atoms with Crippen molar-refractivity contribution in [2.24, 2.45) is 5.10 Å². The summed E-state index contributed by atoms with van der Waals surface area (Å²) in [5, 5.41) is 14.8. The molecule has 0 unspecified atom stereocenters. The molecule has 0 aliphatic rings. The lowest BCUT2D eigenvalue weighted by Gasteiger charge is -2.08. The third-order valence-corrected chi connectivity index (χ3v) is 5.34. The van der Waals surface area contributed by atoms with Crippen molar-refractivity contribution in [3.63, 3.8) is 0 Å². The second-order valence-corrected chi connectivity index (χ2v) is 8.17. The lowest BCUT2D eigenvalue weighted by atomic mass is 10.2. The van der Waals surface area contributed by atoms with Crippen LogP contribution in [-0.4, -0.2) is 23.7 Å². The monoisotopic (exact) mass is 561 g/mol. The lowest BCUT2D eigenvalue weighted by molar-refractivity contribution is -0.385. The van der Waals surface area contributed by atoms with E-state index in [1.807, 2.05) is 18.2 Å². The number of rotatable bonds is 9. The number of ether oxygens (including phenoxy) is 2. The molecule has 32 heavy (non-hydrogen) atoms. The molecule has 0 aliphatic carbocycles. The maximum Gasteiger partial charge on any atom is 0.310 e. The molecule has 0 saturated heterocycles. The molecule has 0 radical (unpaired) electrons. The third kappa shape index (κ3) is 6.89. The molecule has 0 fully saturated rings. The van der Waals surface area contributed by atoms with Gasteiger partial charge in [-0.2, -0.15) is 5.10 Å². The molecule has 3 aromatic rings.